The minimum absolute atomic E-state index is 0.128. The first-order chi connectivity index (χ1) is 11.6. The van der Waals surface area contributed by atoms with E-state index in [1.165, 1.54) is 13.8 Å². The van der Waals surface area contributed by atoms with Crippen molar-refractivity contribution in [3.05, 3.63) is 49.2 Å². The number of carbonyl (C=O) groups is 2. The van der Waals surface area contributed by atoms with Crippen LogP contribution in [0.3, 0.4) is 0 Å². The summed E-state index contributed by atoms with van der Waals surface area (Å²) in [5.74, 6) is -1.87. The molecule has 0 fully saturated rings. The van der Waals surface area contributed by atoms with Crippen LogP contribution in [0.4, 0.5) is 17.1 Å². The van der Waals surface area contributed by atoms with Crippen LogP contribution in [-0.2, 0) is 19.1 Å². The van der Waals surface area contributed by atoms with E-state index in [0.717, 1.165) is 26.4 Å². The second-order valence-electron chi connectivity index (χ2n) is 4.77. The van der Waals surface area contributed by atoms with E-state index < -0.39 is 38.9 Å². The van der Waals surface area contributed by atoms with E-state index in [1.54, 1.807) is 0 Å². The molecule has 0 spiro atoms. The van der Waals surface area contributed by atoms with Gasteiger partial charge in [0, 0.05) is 6.07 Å². The number of nitrogens with zero attached hydrogens (tertiary/aromatic N) is 2. The molecule has 0 atom stereocenters. The summed E-state index contributed by atoms with van der Waals surface area (Å²) in [6.45, 7) is 2.59. The first-order valence-corrected chi connectivity index (χ1v) is 6.72. The van der Waals surface area contributed by atoms with E-state index in [1.807, 2.05) is 0 Å². The van der Waals surface area contributed by atoms with Gasteiger partial charge in [-0.15, -0.1) is 0 Å². The van der Waals surface area contributed by atoms with Crippen molar-refractivity contribution in [3.8, 4) is 0 Å². The molecule has 0 aliphatic carbocycles. The first-order valence-electron chi connectivity index (χ1n) is 6.72. The van der Waals surface area contributed by atoms with Crippen molar-refractivity contribution in [1.82, 2.24) is 0 Å². The van der Waals surface area contributed by atoms with Gasteiger partial charge in [0.25, 0.3) is 5.69 Å². The highest BCUT2D eigenvalue weighted by Crippen LogP contribution is 2.38. The SMILES string of the molecule is COC(=O)/C=C(/Nc1c(C)cc([N+](=O)[O-])c(C)c1[N+](=O)[O-])C(=O)OC. The van der Waals surface area contributed by atoms with Crippen LogP contribution in [0.15, 0.2) is 17.8 Å². The van der Waals surface area contributed by atoms with Crippen LogP contribution in [0.2, 0.25) is 0 Å². The second kappa shape index (κ2) is 7.86. The maximum absolute atomic E-state index is 11.8. The Morgan fingerprint density at radius 2 is 1.72 bits per heavy atom. The number of hydrogen-bond donors (Lipinski definition) is 1. The smallest absolute Gasteiger partial charge is 0.354 e. The number of rotatable bonds is 6. The fraction of sp³-hybridized carbons (Fsp3) is 0.286. The molecule has 0 radical (unpaired) electrons. The normalized spacial score (nSPS) is 10.8. The van der Waals surface area contributed by atoms with Crippen LogP contribution in [-0.4, -0.2) is 36.0 Å². The van der Waals surface area contributed by atoms with E-state index in [-0.39, 0.29) is 16.8 Å². The third-order valence-electron chi connectivity index (χ3n) is 3.23. The average molecular weight is 353 g/mol. The van der Waals surface area contributed by atoms with Crippen molar-refractivity contribution in [2.75, 3.05) is 19.5 Å². The van der Waals surface area contributed by atoms with Crippen LogP contribution >= 0.6 is 0 Å². The monoisotopic (exact) mass is 353 g/mol. The molecule has 0 amide bonds. The van der Waals surface area contributed by atoms with Gasteiger partial charge in [0.05, 0.1) is 30.1 Å². The summed E-state index contributed by atoms with van der Waals surface area (Å²) in [4.78, 5) is 44.0. The van der Waals surface area contributed by atoms with Gasteiger partial charge >= 0.3 is 17.6 Å². The quantitative estimate of drug-likeness (QED) is 0.349. The number of aryl methyl sites for hydroxylation is 1. The summed E-state index contributed by atoms with van der Waals surface area (Å²) in [7, 11) is 2.13. The molecular weight excluding hydrogens is 338 g/mol. The van der Waals surface area contributed by atoms with Gasteiger partial charge in [-0.3, -0.25) is 20.2 Å². The topological polar surface area (TPSA) is 151 Å². The molecule has 25 heavy (non-hydrogen) atoms. The Balaban J connectivity index is 3.60. The zero-order valence-electron chi connectivity index (χ0n) is 13.8. The fourth-order valence-corrected chi connectivity index (χ4v) is 2.02. The molecule has 0 saturated heterocycles. The summed E-state index contributed by atoms with van der Waals surface area (Å²) in [6, 6.07) is 1.12. The Bertz CT molecular complexity index is 785. The fourth-order valence-electron chi connectivity index (χ4n) is 2.02. The number of benzene rings is 1. The average Bonchev–Trinajstić information content (AvgIpc) is 2.55. The lowest BCUT2D eigenvalue weighted by Gasteiger charge is -2.13. The van der Waals surface area contributed by atoms with Gasteiger partial charge in [-0.1, -0.05) is 0 Å². The second-order valence-corrected chi connectivity index (χ2v) is 4.77. The van der Waals surface area contributed by atoms with Crippen LogP contribution in [0, 0.1) is 34.1 Å². The number of hydrogen-bond acceptors (Lipinski definition) is 9. The molecular formula is C14H15N3O8. The third-order valence-corrected chi connectivity index (χ3v) is 3.23. The molecule has 0 saturated carbocycles. The molecule has 0 aliphatic rings. The Morgan fingerprint density at radius 1 is 1.12 bits per heavy atom. The van der Waals surface area contributed by atoms with Crippen LogP contribution in [0.25, 0.3) is 0 Å². The molecule has 0 aromatic heterocycles. The highest BCUT2D eigenvalue weighted by atomic mass is 16.6. The van der Waals surface area contributed by atoms with Gasteiger partial charge < -0.3 is 14.8 Å². The molecule has 0 heterocycles. The number of methoxy groups -OCH3 is 2. The molecule has 1 aromatic rings. The zero-order valence-corrected chi connectivity index (χ0v) is 13.8. The minimum atomic E-state index is -0.977. The molecule has 134 valence electrons. The Morgan fingerprint density at radius 3 is 2.16 bits per heavy atom. The van der Waals surface area contributed by atoms with Gasteiger partial charge in [0.1, 0.15) is 16.9 Å². The number of nitro groups is 2. The van der Waals surface area contributed by atoms with Crippen molar-refractivity contribution >= 4 is 29.0 Å². The maximum atomic E-state index is 11.8. The number of esters is 2. The van der Waals surface area contributed by atoms with Gasteiger partial charge in [0.2, 0.25) is 0 Å². The lowest BCUT2D eigenvalue weighted by molar-refractivity contribution is -0.394. The summed E-state index contributed by atoms with van der Waals surface area (Å²) >= 11 is 0. The van der Waals surface area contributed by atoms with Crippen molar-refractivity contribution in [2.45, 2.75) is 13.8 Å². The van der Waals surface area contributed by atoms with E-state index >= 15 is 0 Å². The molecule has 0 unspecified atom stereocenters. The lowest BCUT2D eigenvalue weighted by Crippen LogP contribution is -2.17. The molecule has 0 aliphatic heterocycles. The highest BCUT2D eigenvalue weighted by molar-refractivity contribution is 5.99. The van der Waals surface area contributed by atoms with Crippen molar-refractivity contribution in [1.29, 1.82) is 0 Å². The van der Waals surface area contributed by atoms with Crippen LogP contribution < -0.4 is 5.32 Å². The predicted octanol–water partition coefficient (Wildman–Crippen LogP) is 1.76. The van der Waals surface area contributed by atoms with Crippen molar-refractivity contribution < 1.29 is 28.9 Å². The van der Waals surface area contributed by atoms with Gasteiger partial charge in [0.15, 0.2) is 0 Å². The van der Waals surface area contributed by atoms with E-state index in [0.29, 0.717) is 0 Å². The molecule has 11 heteroatoms. The molecule has 1 N–H and O–H groups in total. The number of nitrogens with one attached hydrogen (secondary N) is 1. The van der Waals surface area contributed by atoms with Gasteiger partial charge in [-0.05, 0) is 19.4 Å². The first kappa shape index (κ1) is 19.5. The van der Waals surface area contributed by atoms with Crippen LogP contribution in [0.5, 0.6) is 0 Å². The maximum Gasteiger partial charge on any atom is 0.354 e. The molecule has 11 nitrogen and oxygen atoms in total. The van der Waals surface area contributed by atoms with Gasteiger partial charge in [-0.25, -0.2) is 9.59 Å². The number of carbonyl (C=O) groups excluding carboxylic acids is 2. The summed E-state index contributed by atoms with van der Waals surface area (Å²) in [5, 5.41) is 24.9. The van der Waals surface area contributed by atoms with E-state index in [4.69, 9.17) is 0 Å². The minimum Gasteiger partial charge on any atom is -0.466 e. The molecule has 1 aromatic carbocycles. The zero-order chi connectivity index (χ0) is 19.3. The van der Waals surface area contributed by atoms with Gasteiger partial charge in [-0.2, -0.15) is 0 Å². The Kier molecular flexibility index (Phi) is 6.14. The Hall–Kier alpha value is -3.50. The highest BCUT2D eigenvalue weighted by Gasteiger charge is 2.29. The molecule has 0 bridgehead atoms. The summed E-state index contributed by atoms with van der Waals surface area (Å²) in [5.41, 5.74) is -1.70. The number of nitro benzene ring substituents is 2. The molecule has 1 rings (SSSR count). The van der Waals surface area contributed by atoms with Crippen LogP contribution in [0.1, 0.15) is 11.1 Å². The van der Waals surface area contributed by atoms with E-state index in [9.17, 15) is 29.8 Å². The van der Waals surface area contributed by atoms with Crippen molar-refractivity contribution in [3.63, 3.8) is 0 Å². The Labute approximate surface area is 141 Å². The lowest BCUT2D eigenvalue weighted by atomic mass is 10.0. The largest absolute Gasteiger partial charge is 0.466 e. The number of ether oxygens (including phenoxy) is 2. The van der Waals surface area contributed by atoms with E-state index in [2.05, 4.69) is 14.8 Å². The standard InChI is InChI=1S/C14H15N3O8/c1-7-5-10(16(20)21)8(2)13(17(22)23)12(7)15-9(14(19)25-4)6-11(18)24-3/h5-6,15H,1-4H3/b9-6+. The third kappa shape index (κ3) is 4.28. The van der Waals surface area contributed by atoms with Crippen molar-refractivity contribution in [2.24, 2.45) is 0 Å². The predicted molar refractivity (Wildman–Crippen MR) is 85.0 cm³/mol. The summed E-state index contributed by atoms with van der Waals surface area (Å²) in [6.07, 6.45) is 0.756. The number of anilines is 1. The summed E-state index contributed by atoms with van der Waals surface area (Å²) < 4.78 is 8.92.